The first-order valence-corrected chi connectivity index (χ1v) is 20.0. The number of amides is 5. The first-order chi connectivity index (χ1) is 26.7. The van der Waals surface area contributed by atoms with Gasteiger partial charge in [-0.05, 0) is 121 Å². The summed E-state index contributed by atoms with van der Waals surface area (Å²) in [5.74, 6) is 0.372. The van der Waals surface area contributed by atoms with Crippen molar-refractivity contribution in [2.24, 2.45) is 11.8 Å². The van der Waals surface area contributed by atoms with Crippen LogP contribution in [0.15, 0.2) is 54.7 Å². The Morgan fingerprint density at radius 2 is 1.70 bits per heavy atom. The number of aromatic nitrogens is 3. The molecule has 296 valence electrons. The highest BCUT2D eigenvalue weighted by Crippen LogP contribution is 2.36. The Balaban J connectivity index is 0.897. The number of rotatable bonds is 10. The van der Waals surface area contributed by atoms with E-state index < -0.39 is 11.6 Å². The minimum atomic E-state index is -1.19. The molecule has 0 bridgehead atoms. The third kappa shape index (κ3) is 8.90. The second-order valence-electron chi connectivity index (χ2n) is 16.3. The van der Waals surface area contributed by atoms with Crippen LogP contribution in [0.2, 0.25) is 5.02 Å². The summed E-state index contributed by atoms with van der Waals surface area (Å²) in [4.78, 5) is 60.7. The summed E-state index contributed by atoms with van der Waals surface area (Å²) in [6.07, 6.45) is 8.36. The number of hydrogen-bond donors (Lipinski definition) is 3. The van der Waals surface area contributed by atoms with E-state index in [0.29, 0.717) is 58.1 Å². The number of nitrogens with zero attached hydrogens (tertiary/aromatic N) is 6. The Hall–Kier alpha value is -4.85. The molecule has 7 rings (SSSR count). The lowest BCUT2D eigenvalue weighted by Crippen LogP contribution is -2.49. The van der Waals surface area contributed by atoms with Crippen LogP contribution in [0, 0.1) is 18.8 Å². The predicted molar refractivity (Wildman–Crippen MR) is 216 cm³/mol. The van der Waals surface area contributed by atoms with Crippen molar-refractivity contribution in [2.75, 3.05) is 50.0 Å². The zero-order chi connectivity index (χ0) is 39.7. The van der Waals surface area contributed by atoms with Gasteiger partial charge in [0.1, 0.15) is 5.69 Å². The number of aliphatic hydroxyl groups is 1. The number of fused-ring (bicyclic) bond motifs is 1. The average Bonchev–Trinajstić information content (AvgIpc) is 3.58. The Morgan fingerprint density at radius 1 is 0.982 bits per heavy atom. The maximum Gasteiger partial charge on any atom is 0.328 e. The van der Waals surface area contributed by atoms with Gasteiger partial charge in [-0.15, -0.1) is 0 Å². The van der Waals surface area contributed by atoms with Gasteiger partial charge in [-0.3, -0.25) is 29.3 Å². The number of benzene rings is 2. The first kappa shape index (κ1) is 39.4. The highest BCUT2D eigenvalue weighted by atomic mass is 35.5. The number of carbonyl (C=O) groups is 4. The minimum Gasteiger partial charge on any atom is -0.386 e. The Labute approximate surface area is 332 Å². The van der Waals surface area contributed by atoms with Crippen LogP contribution in [-0.2, 0) is 10.4 Å². The van der Waals surface area contributed by atoms with E-state index in [4.69, 9.17) is 16.7 Å². The molecule has 4 heterocycles. The second-order valence-corrected chi connectivity index (χ2v) is 16.7. The minimum absolute atomic E-state index is 0.0781. The zero-order valence-electron chi connectivity index (χ0n) is 32.6. The summed E-state index contributed by atoms with van der Waals surface area (Å²) < 4.78 is 2.07. The molecule has 2 aromatic heterocycles. The van der Waals surface area contributed by atoms with Crippen molar-refractivity contribution in [3.8, 4) is 0 Å². The topological polar surface area (TPSA) is 153 Å². The third-order valence-corrected chi connectivity index (χ3v) is 11.8. The molecule has 5 amide bonds. The molecule has 2 aliphatic heterocycles. The van der Waals surface area contributed by atoms with Gasteiger partial charge < -0.3 is 20.2 Å². The van der Waals surface area contributed by atoms with Gasteiger partial charge in [0.15, 0.2) is 0 Å². The van der Waals surface area contributed by atoms with Crippen LogP contribution in [0.3, 0.4) is 0 Å². The second kappa shape index (κ2) is 16.3. The Morgan fingerprint density at radius 3 is 2.38 bits per heavy atom. The number of piperidine rings is 1. The van der Waals surface area contributed by atoms with Crippen LogP contribution in [0.5, 0.6) is 0 Å². The Kier molecular flexibility index (Phi) is 11.5. The molecule has 2 aromatic carbocycles. The smallest absolute Gasteiger partial charge is 0.328 e. The number of likely N-dealkylation sites (tertiary alicyclic amines) is 1. The molecule has 1 aliphatic carbocycles. The highest BCUT2D eigenvalue weighted by molar-refractivity contribution is 6.34. The summed E-state index contributed by atoms with van der Waals surface area (Å²) in [7, 11) is 2.20. The fourth-order valence-electron chi connectivity index (χ4n) is 8.44. The largest absolute Gasteiger partial charge is 0.386 e. The molecular formula is C42H51ClN8O5. The normalized spacial score (nSPS) is 19.8. The zero-order valence-corrected chi connectivity index (χ0v) is 33.3. The van der Waals surface area contributed by atoms with Crippen molar-refractivity contribution in [1.82, 2.24) is 29.9 Å². The van der Waals surface area contributed by atoms with Gasteiger partial charge in [0.05, 0.1) is 27.9 Å². The van der Waals surface area contributed by atoms with Crippen molar-refractivity contribution >= 4 is 57.6 Å². The lowest BCUT2D eigenvalue weighted by molar-refractivity contribution is -0.120. The van der Waals surface area contributed by atoms with Gasteiger partial charge in [0, 0.05) is 73.2 Å². The molecule has 4 aromatic rings. The lowest BCUT2D eigenvalue weighted by atomic mass is 9.85. The number of urea groups is 1. The number of hydrogen-bond acceptors (Lipinski definition) is 8. The van der Waals surface area contributed by atoms with E-state index in [0.717, 1.165) is 68.2 Å². The van der Waals surface area contributed by atoms with Gasteiger partial charge in [0.2, 0.25) is 5.91 Å². The summed E-state index contributed by atoms with van der Waals surface area (Å²) in [6, 6.07) is 13.8. The van der Waals surface area contributed by atoms with Gasteiger partial charge in [-0.1, -0.05) is 17.7 Å². The monoisotopic (exact) mass is 782 g/mol. The number of carbonyl (C=O) groups excluding carboxylic acids is 4. The van der Waals surface area contributed by atoms with Crippen molar-refractivity contribution in [3.63, 3.8) is 0 Å². The third-order valence-electron chi connectivity index (χ3n) is 11.5. The fraction of sp³-hybridized carbons (Fsp3) is 0.476. The summed E-state index contributed by atoms with van der Waals surface area (Å²) >= 11 is 6.40. The van der Waals surface area contributed by atoms with Gasteiger partial charge in [0.25, 0.3) is 11.8 Å². The molecule has 0 radical (unpaired) electrons. The average molecular weight is 783 g/mol. The van der Waals surface area contributed by atoms with Crippen LogP contribution >= 0.6 is 11.6 Å². The van der Waals surface area contributed by atoms with Crippen LogP contribution < -0.4 is 15.5 Å². The molecule has 2 saturated heterocycles. The van der Waals surface area contributed by atoms with E-state index >= 15 is 0 Å². The number of nitrogens with one attached hydrogen (secondary N) is 2. The van der Waals surface area contributed by atoms with Crippen molar-refractivity contribution in [1.29, 1.82) is 0 Å². The van der Waals surface area contributed by atoms with E-state index in [2.05, 4.69) is 38.4 Å². The van der Waals surface area contributed by atoms with E-state index in [-0.39, 0.29) is 36.7 Å². The van der Waals surface area contributed by atoms with Gasteiger partial charge >= 0.3 is 6.03 Å². The molecule has 14 heteroatoms. The molecule has 1 saturated carbocycles. The van der Waals surface area contributed by atoms with Crippen molar-refractivity contribution in [3.05, 3.63) is 82.3 Å². The van der Waals surface area contributed by atoms with Gasteiger partial charge in [-0.2, -0.15) is 5.10 Å². The quantitative estimate of drug-likeness (QED) is 0.164. The molecule has 3 fully saturated rings. The standard InChI is InChI=1S/C42H51ClN8O5/c1-26-6-5-7-34(44-26)39(53)45-36-20-30-25-51(47-35(30)22-32(36)42(2,3)56)31-11-8-27(9-12-31)23-48(4)24-28-14-17-49(18-15-28)40(54)29-10-13-33(43)37(21-29)50-19-16-38(52)46-41(50)55/h5-7,10,13,20-22,25,27-28,31,56H,8-9,11-12,14-19,23-24H2,1-4H3,(H,45,53)(H,46,52,55). The number of aryl methyl sites for hydroxylation is 1. The molecule has 3 N–H and O–H groups in total. The SMILES string of the molecule is Cc1cccc(C(=O)Nc2cc3cn(C4CCC(CN(C)CC5CCN(C(=O)c6ccc(Cl)c(N7CCC(=O)NC7=O)c6)CC5)CC4)nc3cc2C(C)(C)O)n1. The van der Waals surface area contributed by atoms with Crippen LogP contribution in [-0.4, -0.2) is 93.2 Å². The number of imide groups is 1. The number of halogens is 1. The van der Waals surface area contributed by atoms with E-state index in [9.17, 15) is 24.3 Å². The molecule has 0 unspecified atom stereocenters. The fourth-order valence-corrected chi connectivity index (χ4v) is 8.66. The first-order valence-electron chi connectivity index (χ1n) is 19.6. The summed E-state index contributed by atoms with van der Waals surface area (Å²) in [5, 5.41) is 22.5. The van der Waals surface area contributed by atoms with Crippen LogP contribution in [0.4, 0.5) is 16.2 Å². The molecule has 0 atom stereocenters. The van der Waals surface area contributed by atoms with E-state index in [1.807, 2.05) is 30.0 Å². The van der Waals surface area contributed by atoms with Gasteiger partial charge in [-0.25, -0.2) is 9.78 Å². The molecular weight excluding hydrogens is 732 g/mol. The van der Waals surface area contributed by atoms with Crippen molar-refractivity contribution in [2.45, 2.75) is 77.4 Å². The van der Waals surface area contributed by atoms with Crippen LogP contribution in [0.1, 0.15) is 96.9 Å². The van der Waals surface area contributed by atoms with E-state index in [1.165, 1.54) is 4.90 Å². The summed E-state index contributed by atoms with van der Waals surface area (Å²) in [6.45, 7) is 8.84. The Bertz CT molecular complexity index is 2130. The maximum atomic E-state index is 13.5. The predicted octanol–water partition coefficient (Wildman–Crippen LogP) is 6.53. The molecule has 3 aliphatic rings. The number of anilines is 2. The molecule has 0 spiro atoms. The molecule has 56 heavy (non-hydrogen) atoms. The molecule has 13 nitrogen and oxygen atoms in total. The number of pyridine rings is 1. The summed E-state index contributed by atoms with van der Waals surface area (Å²) in [5.41, 5.74) is 2.72. The van der Waals surface area contributed by atoms with Crippen molar-refractivity contribution < 1.29 is 24.3 Å². The van der Waals surface area contributed by atoms with Crippen LogP contribution in [0.25, 0.3) is 10.9 Å². The highest BCUT2D eigenvalue weighted by Gasteiger charge is 2.30. The maximum absolute atomic E-state index is 13.5. The lowest BCUT2D eigenvalue weighted by Gasteiger charge is -2.36. The van der Waals surface area contributed by atoms with E-state index in [1.54, 1.807) is 44.2 Å².